The Balaban J connectivity index is 2.74. The van der Waals surface area contributed by atoms with Gasteiger partial charge in [0.05, 0.1) is 0 Å². The molecule has 0 saturated carbocycles. The van der Waals surface area contributed by atoms with Gasteiger partial charge in [-0.1, -0.05) is 31.5 Å². The van der Waals surface area contributed by atoms with Crippen LogP contribution in [-0.4, -0.2) is 45.2 Å². The number of benzene rings is 1. The van der Waals surface area contributed by atoms with Crippen molar-refractivity contribution >= 4 is 17.3 Å². The van der Waals surface area contributed by atoms with E-state index in [9.17, 15) is 0 Å². The Morgan fingerprint density at radius 3 is 2.45 bits per heavy atom. The van der Waals surface area contributed by atoms with E-state index in [1.54, 1.807) is 0 Å². The molecule has 1 N–H and O–H groups in total. The summed E-state index contributed by atoms with van der Waals surface area (Å²) in [5.41, 5.74) is 2.42. The van der Waals surface area contributed by atoms with E-state index in [0.29, 0.717) is 6.04 Å². The Bertz CT molecular complexity index is 405. The van der Waals surface area contributed by atoms with Gasteiger partial charge in [-0.25, -0.2) is 0 Å². The predicted octanol–water partition coefficient (Wildman–Crippen LogP) is 3.23. The molecule has 0 aromatic heterocycles. The highest BCUT2D eigenvalue weighted by Gasteiger charge is 2.11. The minimum Gasteiger partial charge on any atom is -0.374 e. The Morgan fingerprint density at radius 1 is 1.15 bits per heavy atom. The van der Waals surface area contributed by atoms with Gasteiger partial charge in [-0.2, -0.15) is 0 Å². The lowest BCUT2D eigenvalue weighted by Gasteiger charge is -2.24. The molecule has 1 aromatic carbocycles. The van der Waals surface area contributed by atoms with E-state index >= 15 is 0 Å². The summed E-state index contributed by atoms with van der Waals surface area (Å²) < 4.78 is 0. The van der Waals surface area contributed by atoms with Gasteiger partial charge in [0.2, 0.25) is 0 Å². The Labute approximate surface area is 128 Å². The first-order valence-electron chi connectivity index (χ1n) is 7.28. The molecule has 0 atom stereocenters. The first-order chi connectivity index (χ1) is 9.41. The van der Waals surface area contributed by atoms with Gasteiger partial charge in [0.1, 0.15) is 0 Å². The van der Waals surface area contributed by atoms with Crippen molar-refractivity contribution in [1.82, 2.24) is 10.2 Å². The van der Waals surface area contributed by atoms with Crippen molar-refractivity contribution in [3.05, 3.63) is 28.8 Å². The smallest absolute Gasteiger partial charge is 0.0471 e. The van der Waals surface area contributed by atoms with E-state index < -0.39 is 0 Å². The lowest BCUT2D eigenvalue weighted by atomic mass is 10.1. The zero-order valence-electron chi connectivity index (χ0n) is 13.4. The molecular formula is C16H28ClN3. The van der Waals surface area contributed by atoms with Crippen molar-refractivity contribution in [2.75, 3.05) is 39.1 Å². The molecule has 114 valence electrons. The second kappa shape index (κ2) is 8.50. The van der Waals surface area contributed by atoms with E-state index in [2.05, 4.69) is 56.2 Å². The molecule has 4 heteroatoms. The van der Waals surface area contributed by atoms with Crippen molar-refractivity contribution in [2.24, 2.45) is 0 Å². The molecule has 20 heavy (non-hydrogen) atoms. The first-order valence-corrected chi connectivity index (χ1v) is 7.66. The lowest BCUT2D eigenvalue weighted by molar-refractivity contribution is 0.401. The fourth-order valence-corrected chi connectivity index (χ4v) is 2.37. The summed E-state index contributed by atoms with van der Waals surface area (Å²) in [7, 11) is 6.36. The molecule has 0 saturated heterocycles. The summed E-state index contributed by atoms with van der Waals surface area (Å²) in [6, 6.07) is 6.60. The standard InChI is InChI=1S/C16H28ClN3/c1-13(2)18-12-14-15(17)8-6-9-16(14)20(5)11-7-10-19(3)4/h6,8-9,13,18H,7,10-12H2,1-5H3. The highest BCUT2D eigenvalue weighted by Crippen LogP contribution is 2.27. The number of nitrogens with one attached hydrogen (secondary N) is 1. The average molecular weight is 298 g/mol. The van der Waals surface area contributed by atoms with Crippen LogP contribution in [0.15, 0.2) is 18.2 Å². The number of hydrogen-bond acceptors (Lipinski definition) is 3. The van der Waals surface area contributed by atoms with Gasteiger partial charge in [0.15, 0.2) is 0 Å². The minimum atomic E-state index is 0.457. The van der Waals surface area contributed by atoms with Crippen molar-refractivity contribution in [3.63, 3.8) is 0 Å². The summed E-state index contributed by atoms with van der Waals surface area (Å²) in [5.74, 6) is 0. The zero-order chi connectivity index (χ0) is 15.1. The van der Waals surface area contributed by atoms with Crippen LogP contribution in [0.5, 0.6) is 0 Å². The van der Waals surface area contributed by atoms with Crippen LogP contribution in [0.2, 0.25) is 5.02 Å². The van der Waals surface area contributed by atoms with Crippen molar-refractivity contribution in [1.29, 1.82) is 0 Å². The van der Waals surface area contributed by atoms with Gasteiger partial charge in [-0.15, -0.1) is 0 Å². The summed E-state index contributed by atoms with van der Waals surface area (Å²) in [6.45, 7) is 7.25. The van der Waals surface area contributed by atoms with Crippen LogP contribution in [0.4, 0.5) is 5.69 Å². The second-order valence-electron chi connectivity index (χ2n) is 5.85. The van der Waals surface area contributed by atoms with Crippen molar-refractivity contribution in [2.45, 2.75) is 32.9 Å². The van der Waals surface area contributed by atoms with E-state index in [0.717, 1.165) is 31.1 Å². The van der Waals surface area contributed by atoms with E-state index in [-0.39, 0.29) is 0 Å². The number of nitrogens with zero attached hydrogens (tertiary/aromatic N) is 2. The average Bonchev–Trinajstić information content (AvgIpc) is 2.36. The summed E-state index contributed by atoms with van der Waals surface area (Å²) >= 11 is 6.37. The molecule has 0 aliphatic carbocycles. The molecule has 0 radical (unpaired) electrons. The summed E-state index contributed by atoms with van der Waals surface area (Å²) in [6.07, 6.45) is 1.15. The van der Waals surface area contributed by atoms with Crippen LogP contribution in [-0.2, 0) is 6.54 Å². The third kappa shape index (κ3) is 5.70. The van der Waals surface area contributed by atoms with Crippen LogP contribution in [0.3, 0.4) is 0 Å². The van der Waals surface area contributed by atoms with Gasteiger partial charge >= 0.3 is 0 Å². The molecule has 0 spiro atoms. The summed E-state index contributed by atoms with van der Waals surface area (Å²) in [4.78, 5) is 4.51. The fraction of sp³-hybridized carbons (Fsp3) is 0.625. The maximum absolute atomic E-state index is 6.37. The van der Waals surface area contributed by atoms with Gasteiger partial charge < -0.3 is 15.1 Å². The maximum Gasteiger partial charge on any atom is 0.0471 e. The van der Waals surface area contributed by atoms with Gasteiger partial charge in [-0.3, -0.25) is 0 Å². The lowest BCUT2D eigenvalue weighted by Crippen LogP contribution is -2.27. The largest absolute Gasteiger partial charge is 0.374 e. The molecule has 0 fully saturated rings. The Hall–Kier alpha value is -0.770. The van der Waals surface area contributed by atoms with Crippen molar-refractivity contribution in [3.8, 4) is 0 Å². The molecule has 0 aliphatic heterocycles. The monoisotopic (exact) mass is 297 g/mol. The number of halogens is 1. The van der Waals surface area contributed by atoms with Crippen LogP contribution >= 0.6 is 11.6 Å². The molecule has 3 nitrogen and oxygen atoms in total. The van der Waals surface area contributed by atoms with Gasteiger partial charge in [-0.05, 0) is 39.2 Å². The predicted molar refractivity (Wildman–Crippen MR) is 89.9 cm³/mol. The van der Waals surface area contributed by atoms with Crippen molar-refractivity contribution < 1.29 is 0 Å². The van der Waals surface area contributed by atoms with Crippen LogP contribution in [0, 0.1) is 0 Å². The van der Waals surface area contributed by atoms with E-state index in [1.165, 1.54) is 11.3 Å². The normalized spacial score (nSPS) is 11.4. The third-order valence-corrected chi connectivity index (χ3v) is 3.65. The zero-order valence-corrected chi connectivity index (χ0v) is 14.2. The van der Waals surface area contributed by atoms with Gasteiger partial charge in [0.25, 0.3) is 0 Å². The van der Waals surface area contributed by atoms with Gasteiger partial charge in [0, 0.05) is 42.5 Å². The molecule has 0 aliphatic rings. The highest BCUT2D eigenvalue weighted by atomic mass is 35.5. The minimum absolute atomic E-state index is 0.457. The number of hydrogen-bond donors (Lipinski definition) is 1. The SMILES string of the molecule is CC(C)NCc1c(Cl)cccc1N(C)CCCN(C)C. The molecule has 0 amide bonds. The maximum atomic E-state index is 6.37. The first kappa shape index (κ1) is 17.3. The fourth-order valence-electron chi connectivity index (χ4n) is 2.13. The molecule has 1 aromatic rings. The molecule has 0 heterocycles. The van der Waals surface area contributed by atoms with E-state index in [4.69, 9.17) is 11.6 Å². The number of rotatable bonds is 8. The summed E-state index contributed by atoms with van der Waals surface area (Å²) in [5, 5.41) is 4.30. The third-order valence-electron chi connectivity index (χ3n) is 3.29. The molecular weight excluding hydrogens is 270 g/mol. The quantitative estimate of drug-likeness (QED) is 0.795. The Morgan fingerprint density at radius 2 is 1.85 bits per heavy atom. The molecule has 1 rings (SSSR count). The Kier molecular flexibility index (Phi) is 7.35. The van der Waals surface area contributed by atoms with Crippen LogP contribution in [0.1, 0.15) is 25.8 Å². The second-order valence-corrected chi connectivity index (χ2v) is 6.26. The molecule has 0 bridgehead atoms. The van der Waals surface area contributed by atoms with E-state index in [1.807, 2.05) is 12.1 Å². The van der Waals surface area contributed by atoms with Crippen LogP contribution < -0.4 is 10.2 Å². The van der Waals surface area contributed by atoms with Crippen LogP contribution in [0.25, 0.3) is 0 Å². The highest BCUT2D eigenvalue weighted by molar-refractivity contribution is 6.31. The number of anilines is 1. The molecule has 0 unspecified atom stereocenters. The topological polar surface area (TPSA) is 18.5 Å².